The number of carboxylic acids is 1. The summed E-state index contributed by atoms with van der Waals surface area (Å²) >= 11 is 5.81. The molecular weight excluding hydrogens is 367 g/mol. The van der Waals surface area contributed by atoms with Gasteiger partial charge in [-0.1, -0.05) is 23.7 Å². The largest absolute Gasteiger partial charge is 0.505 e. The van der Waals surface area contributed by atoms with E-state index in [-0.39, 0.29) is 33.3 Å². The highest BCUT2D eigenvalue weighted by molar-refractivity contribution is 6.33. The number of halogens is 2. The molecule has 0 saturated carbocycles. The molecule has 0 saturated heterocycles. The van der Waals surface area contributed by atoms with Crippen LogP contribution in [0.1, 0.15) is 10.4 Å². The van der Waals surface area contributed by atoms with Gasteiger partial charge in [0.15, 0.2) is 5.75 Å². The molecule has 9 heteroatoms. The lowest BCUT2D eigenvalue weighted by molar-refractivity contribution is 0.0694. The number of hydrogen-bond acceptors (Lipinski definition) is 6. The van der Waals surface area contributed by atoms with Gasteiger partial charge in [0.1, 0.15) is 22.8 Å². The Labute approximate surface area is 150 Å². The number of phenols is 1. The van der Waals surface area contributed by atoms with E-state index in [1.807, 2.05) is 0 Å². The van der Waals surface area contributed by atoms with Gasteiger partial charge in [-0.25, -0.2) is 9.18 Å². The number of aromatic hydroxyl groups is 1. The molecule has 3 aromatic rings. The average molecular weight is 377 g/mol. The van der Waals surface area contributed by atoms with Crippen LogP contribution in [0.4, 0.5) is 27.1 Å². The molecule has 0 atom stereocenters. The first kappa shape index (κ1) is 17.4. The van der Waals surface area contributed by atoms with Crippen LogP contribution in [0.15, 0.2) is 46.0 Å². The minimum Gasteiger partial charge on any atom is -0.505 e. The molecule has 3 aromatic carbocycles. The van der Waals surface area contributed by atoms with E-state index in [4.69, 9.17) is 16.7 Å². The predicted molar refractivity (Wildman–Crippen MR) is 94.4 cm³/mol. The SMILES string of the molecule is O=C(O)c1cccc(Nc2c(Nc3cccc(F)c3Cl)c(=O)c2=O)c1O. The Kier molecular flexibility index (Phi) is 4.35. The summed E-state index contributed by atoms with van der Waals surface area (Å²) in [6.07, 6.45) is 0. The first-order chi connectivity index (χ1) is 12.3. The van der Waals surface area contributed by atoms with Crippen LogP contribution in [-0.4, -0.2) is 16.2 Å². The lowest BCUT2D eigenvalue weighted by atomic mass is 10.1. The molecule has 0 bridgehead atoms. The molecule has 0 fully saturated rings. The van der Waals surface area contributed by atoms with E-state index in [2.05, 4.69) is 10.6 Å². The highest BCUT2D eigenvalue weighted by atomic mass is 35.5. The van der Waals surface area contributed by atoms with Crippen molar-refractivity contribution in [2.24, 2.45) is 0 Å². The molecule has 0 amide bonds. The van der Waals surface area contributed by atoms with Crippen molar-refractivity contribution in [2.45, 2.75) is 0 Å². The molecule has 0 aliphatic heterocycles. The van der Waals surface area contributed by atoms with E-state index in [0.29, 0.717) is 0 Å². The zero-order chi connectivity index (χ0) is 19.0. The van der Waals surface area contributed by atoms with Crippen molar-refractivity contribution in [1.29, 1.82) is 0 Å². The van der Waals surface area contributed by atoms with Gasteiger partial charge in [0.2, 0.25) is 0 Å². The Morgan fingerprint density at radius 2 is 1.50 bits per heavy atom. The van der Waals surface area contributed by atoms with E-state index in [0.717, 1.165) is 6.07 Å². The zero-order valence-electron chi connectivity index (χ0n) is 12.8. The van der Waals surface area contributed by atoms with Gasteiger partial charge in [-0.3, -0.25) is 9.59 Å². The first-order valence-corrected chi connectivity index (χ1v) is 7.55. The Balaban J connectivity index is 1.97. The third-order valence-electron chi connectivity index (χ3n) is 3.65. The number of carbonyl (C=O) groups is 1. The maximum absolute atomic E-state index is 13.5. The lowest BCUT2D eigenvalue weighted by Gasteiger charge is -2.16. The smallest absolute Gasteiger partial charge is 0.339 e. The summed E-state index contributed by atoms with van der Waals surface area (Å²) in [6, 6.07) is 7.77. The standard InChI is InChI=1S/C17H10ClFN2O5/c18-11-8(19)4-2-5-9(11)20-12-13(16(24)15(12)23)21-10-6-1-3-7(14(10)22)17(25)26/h1-6,20-22H,(H,25,26). The van der Waals surface area contributed by atoms with Crippen molar-refractivity contribution in [3.63, 3.8) is 0 Å². The molecule has 0 unspecified atom stereocenters. The summed E-state index contributed by atoms with van der Waals surface area (Å²) in [5.74, 6) is -2.67. The zero-order valence-corrected chi connectivity index (χ0v) is 13.6. The molecule has 0 spiro atoms. The fourth-order valence-electron chi connectivity index (χ4n) is 2.32. The van der Waals surface area contributed by atoms with Crippen LogP contribution in [0.5, 0.6) is 5.75 Å². The second-order valence-corrected chi connectivity index (χ2v) is 5.64. The quantitative estimate of drug-likeness (QED) is 0.399. The number of benzene rings is 2. The minimum atomic E-state index is -1.36. The van der Waals surface area contributed by atoms with Crippen LogP contribution in [0, 0.1) is 5.82 Å². The number of para-hydroxylation sites is 1. The molecule has 0 aliphatic rings. The number of rotatable bonds is 5. The normalized spacial score (nSPS) is 10.7. The molecule has 132 valence electrons. The fourth-order valence-corrected chi connectivity index (χ4v) is 2.49. The molecule has 3 rings (SSSR count). The summed E-state index contributed by atoms with van der Waals surface area (Å²) in [4.78, 5) is 34.7. The van der Waals surface area contributed by atoms with Crippen LogP contribution in [0.25, 0.3) is 0 Å². The highest BCUT2D eigenvalue weighted by Crippen LogP contribution is 2.33. The summed E-state index contributed by atoms with van der Waals surface area (Å²) in [5, 5.41) is 23.8. The summed E-state index contributed by atoms with van der Waals surface area (Å²) in [7, 11) is 0. The van der Waals surface area contributed by atoms with Crippen LogP contribution in [-0.2, 0) is 0 Å². The molecule has 0 aromatic heterocycles. The number of aromatic carboxylic acids is 1. The van der Waals surface area contributed by atoms with Gasteiger partial charge >= 0.3 is 5.97 Å². The molecule has 0 aliphatic carbocycles. The van der Waals surface area contributed by atoms with Crippen molar-refractivity contribution < 1.29 is 19.4 Å². The molecule has 4 N–H and O–H groups in total. The van der Waals surface area contributed by atoms with Crippen LogP contribution in [0.3, 0.4) is 0 Å². The predicted octanol–water partition coefficient (Wildman–Crippen LogP) is 2.97. The van der Waals surface area contributed by atoms with Crippen molar-refractivity contribution in [3.8, 4) is 5.75 Å². The third-order valence-corrected chi connectivity index (χ3v) is 4.03. The molecule has 26 heavy (non-hydrogen) atoms. The lowest BCUT2D eigenvalue weighted by Crippen LogP contribution is -2.35. The van der Waals surface area contributed by atoms with Crippen molar-refractivity contribution >= 4 is 40.3 Å². The Morgan fingerprint density at radius 1 is 0.962 bits per heavy atom. The van der Waals surface area contributed by atoms with Crippen LogP contribution < -0.4 is 21.5 Å². The molecular formula is C17H10ClFN2O5. The minimum absolute atomic E-state index is 0.0744. The second kappa shape index (κ2) is 6.49. The van der Waals surface area contributed by atoms with Crippen molar-refractivity contribution in [2.75, 3.05) is 10.6 Å². The number of anilines is 4. The summed E-state index contributed by atoms with van der Waals surface area (Å²) in [5.41, 5.74) is -2.50. The summed E-state index contributed by atoms with van der Waals surface area (Å²) in [6.45, 7) is 0. The highest BCUT2D eigenvalue weighted by Gasteiger charge is 2.24. The van der Waals surface area contributed by atoms with E-state index >= 15 is 0 Å². The van der Waals surface area contributed by atoms with Gasteiger partial charge in [0.25, 0.3) is 10.9 Å². The Morgan fingerprint density at radius 3 is 2.12 bits per heavy atom. The summed E-state index contributed by atoms with van der Waals surface area (Å²) < 4.78 is 13.5. The topological polar surface area (TPSA) is 116 Å². The molecule has 0 heterocycles. The number of nitrogens with one attached hydrogen (secondary N) is 2. The second-order valence-electron chi connectivity index (χ2n) is 5.27. The van der Waals surface area contributed by atoms with Gasteiger partial charge in [-0.15, -0.1) is 0 Å². The third kappa shape index (κ3) is 2.86. The Hall–Kier alpha value is -3.39. The molecule has 0 radical (unpaired) electrons. The maximum Gasteiger partial charge on any atom is 0.339 e. The van der Waals surface area contributed by atoms with Gasteiger partial charge in [0.05, 0.1) is 16.4 Å². The van der Waals surface area contributed by atoms with Gasteiger partial charge in [0, 0.05) is 0 Å². The Bertz CT molecular complexity index is 1110. The number of hydrogen-bond donors (Lipinski definition) is 4. The monoisotopic (exact) mass is 376 g/mol. The van der Waals surface area contributed by atoms with Crippen molar-refractivity contribution in [3.05, 3.63) is 73.2 Å². The molecule has 7 nitrogen and oxygen atoms in total. The first-order valence-electron chi connectivity index (χ1n) is 7.18. The van der Waals surface area contributed by atoms with E-state index < -0.39 is 28.4 Å². The number of carboxylic acid groups (broad SMARTS) is 1. The van der Waals surface area contributed by atoms with Gasteiger partial charge < -0.3 is 20.8 Å². The van der Waals surface area contributed by atoms with E-state index in [9.17, 15) is 23.9 Å². The van der Waals surface area contributed by atoms with Crippen LogP contribution in [0.2, 0.25) is 5.02 Å². The average Bonchev–Trinajstić information content (AvgIpc) is 2.62. The van der Waals surface area contributed by atoms with E-state index in [1.54, 1.807) is 0 Å². The maximum atomic E-state index is 13.5. The van der Waals surface area contributed by atoms with Gasteiger partial charge in [-0.2, -0.15) is 0 Å². The van der Waals surface area contributed by atoms with E-state index in [1.165, 1.54) is 30.3 Å². The van der Waals surface area contributed by atoms with Gasteiger partial charge in [-0.05, 0) is 24.3 Å². The van der Waals surface area contributed by atoms with Crippen LogP contribution >= 0.6 is 11.6 Å². The fraction of sp³-hybridized carbons (Fsp3) is 0. The van der Waals surface area contributed by atoms with Crippen molar-refractivity contribution in [1.82, 2.24) is 0 Å².